The molecule has 0 radical (unpaired) electrons. The lowest BCUT2D eigenvalue weighted by Crippen LogP contribution is -2.44. The summed E-state index contributed by atoms with van der Waals surface area (Å²) in [4.78, 5) is 9.70. The summed E-state index contributed by atoms with van der Waals surface area (Å²) in [5, 5.41) is 25.3. The number of β-amino-alcohol motifs (C(OH)–C–C–N with tert-alkyl or cyclic N) is 1. The van der Waals surface area contributed by atoms with Crippen LogP contribution in [-0.2, 0) is 0 Å². The minimum absolute atomic E-state index is 0.210. The quantitative estimate of drug-likeness (QED) is 0.412. The number of rotatable bonds is 7. The van der Waals surface area contributed by atoms with E-state index in [1.165, 1.54) is 5.69 Å². The van der Waals surface area contributed by atoms with E-state index in [0.29, 0.717) is 19.0 Å². The normalized spacial score (nSPS) is 21.6. The highest BCUT2D eigenvalue weighted by atomic mass is 16.3. The topological polar surface area (TPSA) is 93.0 Å². The number of piperidine rings is 1. The molecule has 2 aromatic heterocycles. The number of nitrogens with zero attached hydrogens (tertiary/aromatic N) is 5. The van der Waals surface area contributed by atoms with Gasteiger partial charge in [-0.05, 0) is 50.2 Å². The second-order valence-corrected chi connectivity index (χ2v) is 10.2. The maximum absolute atomic E-state index is 10.3. The Morgan fingerprint density at radius 1 is 1.14 bits per heavy atom. The molecule has 2 aliphatic rings. The second kappa shape index (κ2) is 10.4. The SMILES string of the molecule is CC(C)c1cnn2c(Nc3ccc(N4CCN(C)CC4)cc3)cc(NCC3CCNCC3O)nc12. The molecule has 0 saturated carbocycles. The van der Waals surface area contributed by atoms with Crippen LogP contribution in [-0.4, -0.2) is 83.6 Å². The molecule has 5 rings (SSSR count). The van der Waals surface area contributed by atoms with Crippen LogP contribution in [0.4, 0.5) is 23.0 Å². The molecule has 4 heterocycles. The number of piperazine rings is 1. The van der Waals surface area contributed by atoms with Gasteiger partial charge >= 0.3 is 0 Å². The third kappa shape index (κ3) is 5.37. The summed E-state index contributed by atoms with van der Waals surface area (Å²) >= 11 is 0. The highest BCUT2D eigenvalue weighted by Gasteiger charge is 2.23. The highest BCUT2D eigenvalue weighted by molar-refractivity contribution is 5.67. The maximum Gasteiger partial charge on any atom is 0.163 e. The summed E-state index contributed by atoms with van der Waals surface area (Å²) in [6.45, 7) is 10.9. The number of fused-ring (bicyclic) bond motifs is 1. The van der Waals surface area contributed by atoms with E-state index in [-0.39, 0.29) is 12.0 Å². The third-order valence-corrected chi connectivity index (χ3v) is 7.26. The van der Waals surface area contributed by atoms with Crippen molar-refractivity contribution in [3.8, 4) is 0 Å². The summed E-state index contributed by atoms with van der Waals surface area (Å²) in [6, 6.07) is 10.6. The second-order valence-electron chi connectivity index (χ2n) is 10.2. The van der Waals surface area contributed by atoms with Crippen molar-refractivity contribution in [3.63, 3.8) is 0 Å². The smallest absolute Gasteiger partial charge is 0.163 e. The first-order chi connectivity index (χ1) is 17.0. The molecule has 9 nitrogen and oxygen atoms in total. The molecule has 0 spiro atoms. The molecule has 3 aromatic rings. The lowest BCUT2D eigenvalue weighted by Gasteiger charge is -2.34. The van der Waals surface area contributed by atoms with E-state index in [4.69, 9.17) is 4.98 Å². The van der Waals surface area contributed by atoms with Gasteiger partial charge in [0.1, 0.15) is 11.6 Å². The van der Waals surface area contributed by atoms with E-state index < -0.39 is 0 Å². The molecule has 2 unspecified atom stereocenters. The van der Waals surface area contributed by atoms with Gasteiger partial charge in [-0.1, -0.05) is 13.8 Å². The van der Waals surface area contributed by atoms with Gasteiger partial charge in [0, 0.05) is 68.2 Å². The number of aliphatic hydroxyl groups is 1. The monoisotopic (exact) mass is 478 g/mol. The molecule has 188 valence electrons. The Bertz CT molecular complexity index is 1120. The Balaban J connectivity index is 1.37. The zero-order valence-corrected chi connectivity index (χ0v) is 21.0. The maximum atomic E-state index is 10.3. The molecule has 2 saturated heterocycles. The van der Waals surface area contributed by atoms with Crippen LogP contribution in [0.5, 0.6) is 0 Å². The lowest BCUT2D eigenvalue weighted by atomic mass is 9.95. The van der Waals surface area contributed by atoms with E-state index in [1.807, 2.05) is 16.8 Å². The predicted octanol–water partition coefficient (Wildman–Crippen LogP) is 2.73. The largest absolute Gasteiger partial charge is 0.391 e. The fourth-order valence-corrected chi connectivity index (χ4v) is 4.91. The number of likely N-dealkylation sites (N-methyl/N-ethyl adjacent to an activating group) is 1. The van der Waals surface area contributed by atoms with Gasteiger partial charge in [0.15, 0.2) is 5.65 Å². The predicted molar refractivity (Wildman–Crippen MR) is 142 cm³/mol. The summed E-state index contributed by atoms with van der Waals surface area (Å²) in [7, 11) is 2.18. The Hall–Kier alpha value is -2.88. The molecular weight excluding hydrogens is 440 g/mol. The Labute approximate surface area is 207 Å². The molecule has 4 N–H and O–H groups in total. The first-order valence-electron chi connectivity index (χ1n) is 12.8. The fourth-order valence-electron chi connectivity index (χ4n) is 4.91. The molecule has 2 fully saturated rings. The fraction of sp³-hybridized carbons (Fsp3) is 0.538. The summed E-state index contributed by atoms with van der Waals surface area (Å²) in [5.41, 5.74) is 4.24. The minimum atomic E-state index is -0.336. The zero-order chi connectivity index (χ0) is 24.4. The molecular formula is C26H38N8O. The van der Waals surface area contributed by atoms with Crippen molar-refractivity contribution in [2.75, 3.05) is 68.4 Å². The first-order valence-corrected chi connectivity index (χ1v) is 12.8. The number of aliphatic hydroxyl groups excluding tert-OH is 1. The average Bonchev–Trinajstić information content (AvgIpc) is 3.29. The highest BCUT2D eigenvalue weighted by Crippen LogP contribution is 2.27. The van der Waals surface area contributed by atoms with Crippen LogP contribution in [0.15, 0.2) is 36.5 Å². The molecule has 0 amide bonds. The Morgan fingerprint density at radius 3 is 2.63 bits per heavy atom. The van der Waals surface area contributed by atoms with Crippen molar-refractivity contribution in [2.24, 2.45) is 5.92 Å². The van der Waals surface area contributed by atoms with Crippen LogP contribution in [0.3, 0.4) is 0 Å². The summed E-state index contributed by atoms with van der Waals surface area (Å²) < 4.78 is 1.88. The molecule has 35 heavy (non-hydrogen) atoms. The zero-order valence-electron chi connectivity index (χ0n) is 21.0. The van der Waals surface area contributed by atoms with Gasteiger partial charge in [-0.3, -0.25) is 0 Å². The molecule has 9 heteroatoms. The number of benzene rings is 1. The third-order valence-electron chi connectivity index (χ3n) is 7.26. The van der Waals surface area contributed by atoms with E-state index in [0.717, 1.165) is 67.7 Å². The first kappa shape index (κ1) is 23.8. The van der Waals surface area contributed by atoms with Gasteiger partial charge in [0.2, 0.25) is 0 Å². The summed E-state index contributed by atoms with van der Waals surface area (Å²) in [5.74, 6) is 2.18. The molecule has 2 aliphatic heterocycles. The number of hydrogen-bond acceptors (Lipinski definition) is 8. The number of nitrogens with one attached hydrogen (secondary N) is 3. The van der Waals surface area contributed by atoms with Crippen LogP contribution < -0.4 is 20.9 Å². The van der Waals surface area contributed by atoms with Crippen molar-refractivity contribution < 1.29 is 5.11 Å². The van der Waals surface area contributed by atoms with Gasteiger partial charge in [-0.25, -0.2) is 4.98 Å². The van der Waals surface area contributed by atoms with E-state index in [9.17, 15) is 5.11 Å². The van der Waals surface area contributed by atoms with Crippen LogP contribution in [0.25, 0.3) is 5.65 Å². The van der Waals surface area contributed by atoms with Crippen molar-refractivity contribution in [3.05, 3.63) is 42.1 Å². The average molecular weight is 479 g/mol. The van der Waals surface area contributed by atoms with E-state index >= 15 is 0 Å². The Morgan fingerprint density at radius 2 is 1.91 bits per heavy atom. The van der Waals surface area contributed by atoms with Crippen LogP contribution in [0.2, 0.25) is 0 Å². The number of anilines is 4. The van der Waals surface area contributed by atoms with Crippen LogP contribution in [0, 0.1) is 5.92 Å². The van der Waals surface area contributed by atoms with Gasteiger partial charge in [0.25, 0.3) is 0 Å². The molecule has 2 atom stereocenters. The molecule has 0 aliphatic carbocycles. The minimum Gasteiger partial charge on any atom is -0.391 e. The number of aromatic nitrogens is 3. The van der Waals surface area contributed by atoms with Crippen molar-refractivity contribution >= 4 is 28.7 Å². The van der Waals surface area contributed by atoms with Crippen molar-refractivity contribution in [1.82, 2.24) is 24.8 Å². The van der Waals surface area contributed by atoms with Crippen molar-refractivity contribution in [2.45, 2.75) is 32.3 Å². The van der Waals surface area contributed by atoms with Gasteiger partial charge in [0.05, 0.1) is 12.3 Å². The van der Waals surface area contributed by atoms with Crippen molar-refractivity contribution in [1.29, 1.82) is 0 Å². The van der Waals surface area contributed by atoms with E-state index in [1.54, 1.807) is 0 Å². The molecule has 1 aromatic carbocycles. The standard InChI is InChI=1S/C26H38N8O/c1-18(2)22-16-29-34-25(14-24(31-26(22)34)28-15-19-8-9-27-17-23(19)35)30-20-4-6-21(7-5-20)33-12-10-32(3)11-13-33/h4-7,14,16,18-19,23,27,30,35H,8-13,15,17H2,1-3H3,(H,28,31). The number of hydrogen-bond donors (Lipinski definition) is 4. The molecule has 0 bridgehead atoms. The van der Waals surface area contributed by atoms with E-state index in [2.05, 4.69) is 76.0 Å². The van der Waals surface area contributed by atoms with Gasteiger partial charge < -0.3 is 30.9 Å². The van der Waals surface area contributed by atoms with Crippen LogP contribution in [0.1, 0.15) is 31.7 Å². The van der Waals surface area contributed by atoms with Crippen LogP contribution >= 0.6 is 0 Å². The lowest BCUT2D eigenvalue weighted by molar-refractivity contribution is 0.0883. The summed E-state index contributed by atoms with van der Waals surface area (Å²) in [6.07, 6.45) is 2.53. The van der Waals surface area contributed by atoms with Gasteiger partial charge in [-0.2, -0.15) is 9.61 Å². The Kier molecular flexibility index (Phi) is 7.08. The van der Waals surface area contributed by atoms with Gasteiger partial charge in [-0.15, -0.1) is 0 Å².